The summed E-state index contributed by atoms with van der Waals surface area (Å²) in [5.74, 6) is 1.34. The number of halogens is 1. The first-order valence-electron chi connectivity index (χ1n) is 6.00. The molecule has 1 saturated carbocycles. The molecule has 1 atom stereocenters. The first-order valence-corrected chi connectivity index (χ1v) is 7.12. The number of alkyl halides is 1. The lowest BCUT2D eigenvalue weighted by Crippen LogP contribution is -2.10. The number of ether oxygens (including phenoxy) is 1. The van der Waals surface area contributed by atoms with Crippen LogP contribution in [0.1, 0.15) is 29.9 Å². The molecule has 1 nitrogen and oxygen atoms in total. The molecule has 0 aromatic heterocycles. The Balaban J connectivity index is 1.84. The normalized spacial score (nSPS) is 17.4. The molecule has 0 heterocycles. The van der Waals surface area contributed by atoms with Crippen LogP contribution >= 0.6 is 15.9 Å². The van der Waals surface area contributed by atoms with Gasteiger partial charge in [-0.1, -0.05) is 45.8 Å². The molecule has 16 heavy (non-hydrogen) atoms. The quantitative estimate of drug-likeness (QED) is 0.719. The van der Waals surface area contributed by atoms with Gasteiger partial charge in [-0.15, -0.1) is 0 Å². The second kappa shape index (κ2) is 5.83. The summed E-state index contributed by atoms with van der Waals surface area (Å²) in [4.78, 5) is 0. The maximum Gasteiger partial charge on any atom is 0.0542 e. The molecule has 2 heteroatoms. The molecule has 0 bridgehead atoms. The van der Waals surface area contributed by atoms with Gasteiger partial charge in [-0.2, -0.15) is 0 Å². The van der Waals surface area contributed by atoms with Gasteiger partial charge in [0.15, 0.2) is 0 Å². The second-order valence-electron chi connectivity index (χ2n) is 4.74. The van der Waals surface area contributed by atoms with Gasteiger partial charge in [-0.05, 0) is 31.2 Å². The molecule has 88 valence electrons. The van der Waals surface area contributed by atoms with Gasteiger partial charge in [0.1, 0.15) is 0 Å². The lowest BCUT2D eigenvalue weighted by molar-refractivity contribution is 0.115. The van der Waals surface area contributed by atoms with E-state index < -0.39 is 0 Å². The van der Waals surface area contributed by atoms with E-state index in [0.29, 0.717) is 5.92 Å². The summed E-state index contributed by atoms with van der Waals surface area (Å²) in [5.41, 5.74) is 2.69. The zero-order chi connectivity index (χ0) is 11.4. The third-order valence-electron chi connectivity index (χ3n) is 3.10. The van der Waals surface area contributed by atoms with Crippen molar-refractivity contribution >= 4 is 15.9 Å². The van der Waals surface area contributed by atoms with E-state index in [9.17, 15) is 0 Å². The Morgan fingerprint density at radius 2 is 2.00 bits per heavy atom. The molecule has 2 rings (SSSR count). The van der Waals surface area contributed by atoms with Gasteiger partial charge in [0.2, 0.25) is 0 Å². The van der Waals surface area contributed by atoms with Crippen LogP contribution < -0.4 is 0 Å². The maximum atomic E-state index is 5.77. The molecule has 1 fully saturated rings. The van der Waals surface area contributed by atoms with Crippen LogP contribution in [0.2, 0.25) is 0 Å². The van der Waals surface area contributed by atoms with E-state index in [4.69, 9.17) is 4.74 Å². The summed E-state index contributed by atoms with van der Waals surface area (Å²) in [6.45, 7) is 3.91. The first-order chi connectivity index (χ1) is 7.79. The predicted molar refractivity (Wildman–Crippen MR) is 71.3 cm³/mol. The Kier molecular flexibility index (Phi) is 4.42. The molecule has 1 aromatic carbocycles. The fourth-order valence-corrected chi connectivity index (χ4v) is 2.29. The molecular weight excluding hydrogens is 264 g/mol. The smallest absolute Gasteiger partial charge is 0.0542 e. The van der Waals surface area contributed by atoms with E-state index >= 15 is 0 Å². The molecular formula is C14H19BrO. The number of benzene rings is 1. The third kappa shape index (κ3) is 3.60. The Morgan fingerprint density at radius 3 is 2.56 bits per heavy atom. The monoisotopic (exact) mass is 282 g/mol. The fraction of sp³-hybridized carbons (Fsp3) is 0.571. The van der Waals surface area contributed by atoms with E-state index in [2.05, 4.69) is 47.1 Å². The molecule has 1 unspecified atom stereocenters. The van der Waals surface area contributed by atoms with Crippen LogP contribution in [0, 0.1) is 12.8 Å². The van der Waals surface area contributed by atoms with Gasteiger partial charge in [-0.25, -0.2) is 0 Å². The number of rotatable bonds is 6. The van der Waals surface area contributed by atoms with E-state index in [1.165, 1.54) is 24.0 Å². The molecule has 0 N–H and O–H groups in total. The molecule has 0 spiro atoms. The number of hydrogen-bond donors (Lipinski definition) is 0. The van der Waals surface area contributed by atoms with E-state index in [1.807, 2.05) is 0 Å². The van der Waals surface area contributed by atoms with Crippen molar-refractivity contribution in [2.75, 3.05) is 18.5 Å². The summed E-state index contributed by atoms with van der Waals surface area (Å²) in [6.07, 6.45) is 2.73. The number of hydrogen-bond acceptors (Lipinski definition) is 1. The average molecular weight is 283 g/mol. The van der Waals surface area contributed by atoms with Crippen molar-refractivity contribution in [3.63, 3.8) is 0 Å². The standard InChI is InChI=1S/C14H19BrO/c1-11-2-6-13(7-3-11)14(8-15)10-16-9-12-4-5-12/h2-3,6-7,12,14H,4-5,8-10H2,1H3. The number of aryl methyl sites for hydroxylation is 1. The highest BCUT2D eigenvalue weighted by Gasteiger charge is 2.21. The largest absolute Gasteiger partial charge is 0.380 e. The Labute approximate surface area is 106 Å². The summed E-state index contributed by atoms with van der Waals surface area (Å²) >= 11 is 3.57. The highest BCUT2D eigenvalue weighted by molar-refractivity contribution is 9.09. The average Bonchev–Trinajstić information content (AvgIpc) is 3.10. The van der Waals surface area contributed by atoms with Crippen molar-refractivity contribution in [3.8, 4) is 0 Å². The van der Waals surface area contributed by atoms with Crippen LogP contribution in [0.25, 0.3) is 0 Å². The molecule has 0 aliphatic heterocycles. The molecule has 1 aromatic rings. The Morgan fingerprint density at radius 1 is 1.31 bits per heavy atom. The molecule has 1 aliphatic carbocycles. The van der Waals surface area contributed by atoms with Crippen molar-refractivity contribution < 1.29 is 4.74 Å². The second-order valence-corrected chi connectivity index (χ2v) is 5.39. The molecule has 1 aliphatic rings. The van der Waals surface area contributed by atoms with Gasteiger partial charge in [-0.3, -0.25) is 0 Å². The minimum atomic E-state index is 0.486. The van der Waals surface area contributed by atoms with Crippen LogP contribution in [0.5, 0.6) is 0 Å². The van der Waals surface area contributed by atoms with Crippen molar-refractivity contribution in [1.29, 1.82) is 0 Å². The predicted octanol–water partition coefficient (Wildman–Crippen LogP) is 3.90. The highest BCUT2D eigenvalue weighted by atomic mass is 79.9. The maximum absolute atomic E-state index is 5.77. The topological polar surface area (TPSA) is 9.23 Å². The van der Waals surface area contributed by atoms with Crippen LogP contribution in [0.4, 0.5) is 0 Å². The highest BCUT2D eigenvalue weighted by Crippen LogP contribution is 2.29. The van der Waals surface area contributed by atoms with E-state index in [0.717, 1.165) is 24.5 Å². The third-order valence-corrected chi connectivity index (χ3v) is 3.89. The van der Waals surface area contributed by atoms with Gasteiger partial charge < -0.3 is 4.74 Å². The van der Waals surface area contributed by atoms with Crippen molar-refractivity contribution in [2.45, 2.75) is 25.7 Å². The minimum absolute atomic E-state index is 0.486. The van der Waals surface area contributed by atoms with Crippen molar-refractivity contribution in [1.82, 2.24) is 0 Å². The summed E-state index contributed by atoms with van der Waals surface area (Å²) in [6, 6.07) is 8.77. The summed E-state index contributed by atoms with van der Waals surface area (Å²) in [5, 5.41) is 0.973. The van der Waals surface area contributed by atoms with Crippen LogP contribution in [0.3, 0.4) is 0 Å². The van der Waals surface area contributed by atoms with Gasteiger partial charge in [0, 0.05) is 17.9 Å². The van der Waals surface area contributed by atoms with Gasteiger partial charge in [0.25, 0.3) is 0 Å². The Hall–Kier alpha value is -0.340. The first kappa shape index (κ1) is 12.1. The SMILES string of the molecule is Cc1ccc(C(CBr)COCC2CC2)cc1. The lowest BCUT2D eigenvalue weighted by atomic mass is 10.0. The van der Waals surface area contributed by atoms with Crippen LogP contribution in [0.15, 0.2) is 24.3 Å². The van der Waals surface area contributed by atoms with Gasteiger partial charge in [0.05, 0.1) is 6.61 Å². The zero-order valence-electron chi connectivity index (χ0n) is 9.79. The summed E-state index contributed by atoms with van der Waals surface area (Å²) < 4.78 is 5.77. The van der Waals surface area contributed by atoms with E-state index in [1.54, 1.807) is 0 Å². The minimum Gasteiger partial charge on any atom is -0.380 e. The molecule has 0 saturated heterocycles. The Bertz CT molecular complexity index is 316. The van der Waals surface area contributed by atoms with Crippen molar-refractivity contribution in [3.05, 3.63) is 35.4 Å². The molecule has 0 radical (unpaired) electrons. The van der Waals surface area contributed by atoms with Crippen molar-refractivity contribution in [2.24, 2.45) is 5.92 Å². The lowest BCUT2D eigenvalue weighted by Gasteiger charge is -2.15. The fourth-order valence-electron chi connectivity index (χ4n) is 1.73. The zero-order valence-corrected chi connectivity index (χ0v) is 11.4. The summed E-state index contributed by atoms with van der Waals surface area (Å²) in [7, 11) is 0. The van der Waals surface area contributed by atoms with E-state index in [-0.39, 0.29) is 0 Å². The van der Waals surface area contributed by atoms with Gasteiger partial charge >= 0.3 is 0 Å². The van der Waals surface area contributed by atoms with Crippen LogP contribution in [-0.4, -0.2) is 18.5 Å². The van der Waals surface area contributed by atoms with Crippen LogP contribution in [-0.2, 0) is 4.74 Å². The molecule has 0 amide bonds.